The van der Waals surface area contributed by atoms with Gasteiger partial charge in [-0.25, -0.2) is 4.39 Å². The van der Waals surface area contributed by atoms with Gasteiger partial charge in [-0.05, 0) is 37.9 Å². The zero-order chi connectivity index (χ0) is 14.5. The Kier molecular flexibility index (Phi) is 5.78. The first kappa shape index (κ1) is 15.7. The van der Waals surface area contributed by atoms with Crippen LogP contribution in [0.25, 0.3) is 0 Å². The van der Waals surface area contributed by atoms with Gasteiger partial charge in [-0.15, -0.1) is 0 Å². The number of hydrogen-bond acceptors (Lipinski definition) is 3. The molecule has 3 nitrogen and oxygen atoms in total. The van der Waals surface area contributed by atoms with Crippen LogP contribution in [-0.2, 0) is 4.74 Å². The lowest BCUT2D eigenvalue weighted by molar-refractivity contribution is 0.0505. The quantitative estimate of drug-likeness (QED) is 0.909. The smallest absolute Gasteiger partial charge is 0.129 e. The highest BCUT2D eigenvalue weighted by atomic mass is 35.5. The molecule has 0 amide bonds. The lowest BCUT2D eigenvalue weighted by atomic mass is 9.97. The first-order chi connectivity index (χ1) is 9.61. The van der Waals surface area contributed by atoms with Crippen molar-refractivity contribution in [2.45, 2.75) is 18.9 Å². The number of benzene rings is 1. The van der Waals surface area contributed by atoms with Gasteiger partial charge >= 0.3 is 0 Å². The molecule has 1 fully saturated rings. The molecular formula is C15H22ClFN2O. The Morgan fingerprint density at radius 3 is 2.75 bits per heavy atom. The molecule has 0 aliphatic carbocycles. The molecule has 0 saturated carbocycles. The molecule has 1 aromatic carbocycles. The number of rotatable bonds is 5. The topological polar surface area (TPSA) is 38.5 Å². The molecule has 0 bridgehead atoms. The second-order valence-corrected chi connectivity index (χ2v) is 5.85. The summed E-state index contributed by atoms with van der Waals surface area (Å²) in [5.41, 5.74) is 6.47. The van der Waals surface area contributed by atoms with Crippen LogP contribution in [0.1, 0.15) is 24.4 Å². The van der Waals surface area contributed by atoms with Crippen molar-refractivity contribution in [2.75, 3.05) is 33.4 Å². The van der Waals surface area contributed by atoms with Crippen LogP contribution in [0, 0.1) is 11.7 Å². The van der Waals surface area contributed by atoms with Crippen molar-refractivity contribution in [2.24, 2.45) is 11.7 Å². The van der Waals surface area contributed by atoms with Gasteiger partial charge in [0.15, 0.2) is 0 Å². The van der Waals surface area contributed by atoms with Gasteiger partial charge in [0.1, 0.15) is 5.82 Å². The maximum atomic E-state index is 14.0. The molecule has 112 valence electrons. The maximum Gasteiger partial charge on any atom is 0.129 e. The molecule has 2 N–H and O–H groups in total. The van der Waals surface area contributed by atoms with E-state index >= 15 is 0 Å². The van der Waals surface area contributed by atoms with Gasteiger partial charge in [0.2, 0.25) is 0 Å². The number of hydrogen-bond donors (Lipinski definition) is 1. The average Bonchev–Trinajstić information content (AvgIpc) is 2.43. The summed E-state index contributed by atoms with van der Waals surface area (Å²) in [5, 5.41) is 0.411. The highest BCUT2D eigenvalue weighted by molar-refractivity contribution is 6.30. The Bertz CT molecular complexity index is 438. The number of ether oxygens (including phenoxy) is 1. The molecule has 1 aliphatic rings. The Hall–Kier alpha value is -0.680. The molecule has 0 spiro atoms. The van der Waals surface area contributed by atoms with E-state index in [-0.39, 0.29) is 11.9 Å². The van der Waals surface area contributed by atoms with E-state index in [1.165, 1.54) is 6.07 Å². The molecule has 20 heavy (non-hydrogen) atoms. The lowest BCUT2D eigenvalue weighted by Crippen LogP contribution is -2.36. The first-order valence-electron chi connectivity index (χ1n) is 7.04. The zero-order valence-electron chi connectivity index (χ0n) is 11.8. The number of nitrogens with two attached hydrogens (primary N) is 1. The third kappa shape index (κ3) is 3.92. The maximum absolute atomic E-state index is 14.0. The Morgan fingerprint density at radius 1 is 1.45 bits per heavy atom. The summed E-state index contributed by atoms with van der Waals surface area (Å²) < 4.78 is 19.4. The lowest BCUT2D eigenvalue weighted by Gasteiger charge is -2.32. The fourth-order valence-electron chi connectivity index (χ4n) is 2.78. The fourth-order valence-corrected chi connectivity index (χ4v) is 2.94. The Balaban J connectivity index is 2.06. The summed E-state index contributed by atoms with van der Waals surface area (Å²) in [6, 6.07) is 4.68. The van der Waals surface area contributed by atoms with Gasteiger partial charge in [-0.2, -0.15) is 0 Å². The summed E-state index contributed by atoms with van der Waals surface area (Å²) >= 11 is 5.80. The number of halogens is 2. The Morgan fingerprint density at radius 2 is 2.15 bits per heavy atom. The largest absolute Gasteiger partial charge is 0.381 e. The van der Waals surface area contributed by atoms with Gasteiger partial charge in [-0.1, -0.05) is 17.7 Å². The summed E-state index contributed by atoms with van der Waals surface area (Å²) in [6.07, 6.45) is 2.12. The van der Waals surface area contributed by atoms with Crippen LogP contribution in [0.5, 0.6) is 0 Å². The molecular weight excluding hydrogens is 279 g/mol. The molecule has 5 heteroatoms. The predicted molar refractivity (Wildman–Crippen MR) is 79.4 cm³/mol. The monoisotopic (exact) mass is 300 g/mol. The van der Waals surface area contributed by atoms with Crippen LogP contribution in [0.3, 0.4) is 0 Å². The third-order valence-electron chi connectivity index (χ3n) is 3.96. The first-order valence-corrected chi connectivity index (χ1v) is 7.42. The fraction of sp³-hybridized carbons (Fsp3) is 0.600. The van der Waals surface area contributed by atoms with Gasteiger partial charge < -0.3 is 10.5 Å². The summed E-state index contributed by atoms with van der Waals surface area (Å²) in [4.78, 5) is 2.14. The third-order valence-corrected chi connectivity index (χ3v) is 4.20. The second kappa shape index (κ2) is 7.36. The molecule has 1 saturated heterocycles. The van der Waals surface area contributed by atoms with E-state index in [9.17, 15) is 4.39 Å². The highest BCUT2D eigenvalue weighted by Crippen LogP contribution is 2.26. The SMILES string of the molecule is CN(CC1CCOCC1)C(CN)c1ccc(Cl)cc1F. The minimum atomic E-state index is -0.285. The van der Waals surface area contributed by atoms with E-state index in [1.54, 1.807) is 12.1 Å². The second-order valence-electron chi connectivity index (χ2n) is 5.41. The van der Waals surface area contributed by atoms with E-state index in [0.29, 0.717) is 23.0 Å². The van der Waals surface area contributed by atoms with Crippen LogP contribution in [0.15, 0.2) is 18.2 Å². The molecule has 1 atom stereocenters. The summed E-state index contributed by atoms with van der Waals surface area (Å²) in [5.74, 6) is 0.310. The Labute approximate surface area is 124 Å². The van der Waals surface area contributed by atoms with Gasteiger partial charge in [0.05, 0.1) is 0 Å². The van der Waals surface area contributed by atoms with Crippen molar-refractivity contribution < 1.29 is 9.13 Å². The van der Waals surface area contributed by atoms with Crippen molar-refractivity contribution in [1.29, 1.82) is 0 Å². The molecule has 1 aliphatic heterocycles. The van der Waals surface area contributed by atoms with E-state index < -0.39 is 0 Å². The van der Waals surface area contributed by atoms with Crippen LogP contribution in [0.2, 0.25) is 5.02 Å². The van der Waals surface area contributed by atoms with E-state index in [2.05, 4.69) is 4.90 Å². The molecule has 2 rings (SSSR count). The molecule has 1 unspecified atom stereocenters. The van der Waals surface area contributed by atoms with Crippen molar-refractivity contribution in [3.8, 4) is 0 Å². The highest BCUT2D eigenvalue weighted by Gasteiger charge is 2.23. The number of nitrogens with zero attached hydrogens (tertiary/aromatic N) is 1. The predicted octanol–water partition coefficient (Wildman–Crippen LogP) is 2.84. The number of likely N-dealkylation sites (N-methyl/N-ethyl adjacent to an activating group) is 1. The molecule has 1 aromatic rings. The minimum absolute atomic E-state index is 0.116. The summed E-state index contributed by atoms with van der Waals surface area (Å²) in [6.45, 7) is 2.94. The van der Waals surface area contributed by atoms with Gasteiger partial charge in [0.25, 0.3) is 0 Å². The van der Waals surface area contributed by atoms with Crippen LogP contribution in [0.4, 0.5) is 4.39 Å². The van der Waals surface area contributed by atoms with Crippen molar-refractivity contribution >= 4 is 11.6 Å². The summed E-state index contributed by atoms with van der Waals surface area (Å²) in [7, 11) is 2.00. The van der Waals surface area contributed by atoms with E-state index in [0.717, 1.165) is 32.6 Å². The zero-order valence-corrected chi connectivity index (χ0v) is 12.6. The van der Waals surface area contributed by atoms with Crippen LogP contribution < -0.4 is 5.73 Å². The van der Waals surface area contributed by atoms with Gasteiger partial charge in [0, 0.05) is 42.9 Å². The molecule has 0 aromatic heterocycles. The van der Waals surface area contributed by atoms with E-state index in [1.807, 2.05) is 7.05 Å². The minimum Gasteiger partial charge on any atom is -0.381 e. The standard InChI is InChI=1S/C15H22ClFN2O/c1-19(10-11-4-6-20-7-5-11)15(9-18)13-3-2-12(16)8-14(13)17/h2-3,8,11,15H,4-7,9-10,18H2,1H3. The normalized spacial score (nSPS) is 18.4. The average molecular weight is 301 g/mol. The van der Waals surface area contributed by atoms with Crippen molar-refractivity contribution in [1.82, 2.24) is 4.90 Å². The van der Waals surface area contributed by atoms with Crippen LogP contribution >= 0.6 is 11.6 Å². The molecule has 0 radical (unpaired) electrons. The van der Waals surface area contributed by atoms with Gasteiger partial charge in [-0.3, -0.25) is 4.90 Å². The molecule has 1 heterocycles. The van der Waals surface area contributed by atoms with E-state index in [4.69, 9.17) is 22.1 Å². The van der Waals surface area contributed by atoms with Crippen molar-refractivity contribution in [3.05, 3.63) is 34.6 Å². The van der Waals surface area contributed by atoms with Crippen LogP contribution in [-0.4, -0.2) is 38.3 Å². The van der Waals surface area contributed by atoms with Crippen molar-refractivity contribution in [3.63, 3.8) is 0 Å².